The van der Waals surface area contributed by atoms with Crippen LogP contribution in [0.4, 0.5) is 18.0 Å². The molecule has 0 unspecified atom stereocenters. The molecule has 0 aliphatic carbocycles. The molecule has 0 saturated heterocycles. The molecule has 0 radical (unpaired) electrons. The third kappa shape index (κ3) is 5.79. The maximum Gasteiger partial charge on any atom is 0.431 e. The number of carbonyl (C=O) groups excluding carboxylic acids is 2. The fourth-order valence-electron chi connectivity index (χ4n) is 0.718. The van der Waals surface area contributed by atoms with Crippen molar-refractivity contribution < 1.29 is 27.5 Å². The molecule has 0 atom stereocenters. The fraction of sp³-hybridized carbons (Fsp3) is 0.556. The molecule has 0 heterocycles. The molecule has 0 aromatic rings. The summed E-state index contributed by atoms with van der Waals surface area (Å²) < 4.78 is 41.6. The van der Waals surface area contributed by atoms with Crippen molar-refractivity contribution in [3.8, 4) is 0 Å². The zero-order valence-electron chi connectivity index (χ0n) is 9.59. The Hall–Kier alpha value is -1.73. The van der Waals surface area contributed by atoms with Crippen molar-refractivity contribution in [2.75, 3.05) is 20.7 Å². The molecule has 2 amide bonds. The summed E-state index contributed by atoms with van der Waals surface area (Å²) in [6.45, 7) is 1.40. The number of hydrogen-bond donors (Lipinski definition) is 1. The molecule has 0 saturated carbocycles. The van der Waals surface area contributed by atoms with Gasteiger partial charge in [-0.1, -0.05) is 0 Å². The lowest BCUT2D eigenvalue weighted by Gasteiger charge is -2.16. The summed E-state index contributed by atoms with van der Waals surface area (Å²) in [4.78, 5) is 22.9. The van der Waals surface area contributed by atoms with Crippen LogP contribution in [-0.4, -0.2) is 43.8 Å². The summed E-state index contributed by atoms with van der Waals surface area (Å²) in [7, 11) is 2.54. The average molecular weight is 254 g/mol. The van der Waals surface area contributed by atoms with Crippen molar-refractivity contribution in [2.45, 2.75) is 13.1 Å². The first-order valence-electron chi connectivity index (χ1n) is 4.62. The van der Waals surface area contributed by atoms with E-state index in [1.54, 1.807) is 5.32 Å². The van der Waals surface area contributed by atoms with Crippen LogP contribution < -0.4 is 5.32 Å². The highest BCUT2D eigenvalue weighted by molar-refractivity contribution is 5.85. The molecular weight excluding hydrogens is 241 g/mol. The number of amides is 2. The second-order valence-corrected chi connectivity index (χ2v) is 3.13. The van der Waals surface area contributed by atoms with Gasteiger partial charge in [0.05, 0.1) is 12.7 Å². The highest BCUT2D eigenvalue weighted by Crippen LogP contribution is 2.23. The molecule has 0 aliphatic rings. The van der Waals surface area contributed by atoms with Gasteiger partial charge in [-0.25, -0.2) is 9.59 Å². The Morgan fingerprint density at radius 2 is 1.88 bits per heavy atom. The number of nitrogens with zero attached hydrogens (tertiary/aromatic N) is 1. The Morgan fingerprint density at radius 3 is 2.24 bits per heavy atom. The lowest BCUT2D eigenvalue weighted by Crippen LogP contribution is -2.38. The standard InChI is InChI=1S/C9H13F3N2O3/c1-4-17-7(15)5-6(9(10,11)12)13-8(16)14(2)3/h5H,4H2,1-3H3,(H,13,16)/b6-5-. The van der Waals surface area contributed by atoms with E-state index in [1.165, 1.54) is 21.0 Å². The number of esters is 1. The molecule has 1 N–H and O–H groups in total. The number of nitrogens with one attached hydrogen (secondary N) is 1. The van der Waals surface area contributed by atoms with E-state index in [2.05, 4.69) is 4.74 Å². The van der Waals surface area contributed by atoms with Gasteiger partial charge >= 0.3 is 18.2 Å². The number of urea groups is 1. The van der Waals surface area contributed by atoms with E-state index in [0.717, 1.165) is 4.90 Å². The lowest BCUT2D eigenvalue weighted by atomic mass is 10.4. The van der Waals surface area contributed by atoms with Gasteiger partial charge in [-0.05, 0) is 6.92 Å². The third-order valence-electron chi connectivity index (χ3n) is 1.50. The van der Waals surface area contributed by atoms with Crippen LogP contribution in [0.5, 0.6) is 0 Å². The van der Waals surface area contributed by atoms with Crippen LogP contribution in [-0.2, 0) is 9.53 Å². The van der Waals surface area contributed by atoms with Gasteiger partial charge in [0.15, 0.2) is 0 Å². The van der Waals surface area contributed by atoms with Gasteiger partial charge in [-0.3, -0.25) is 0 Å². The summed E-state index contributed by atoms with van der Waals surface area (Å²) in [6.07, 6.45) is -4.64. The maximum absolute atomic E-state index is 12.4. The molecule has 0 aromatic heterocycles. The molecule has 0 aliphatic heterocycles. The van der Waals surface area contributed by atoms with Crippen molar-refractivity contribution >= 4 is 12.0 Å². The monoisotopic (exact) mass is 254 g/mol. The van der Waals surface area contributed by atoms with Gasteiger partial charge in [0.2, 0.25) is 0 Å². The lowest BCUT2D eigenvalue weighted by molar-refractivity contribution is -0.138. The smallest absolute Gasteiger partial charge is 0.431 e. The molecule has 17 heavy (non-hydrogen) atoms. The Balaban J connectivity index is 4.91. The Kier molecular flexibility index (Phi) is 5.49. The molecule has 98 valence electrons. The second-order valence-electron chi connectivity index (χ2n) is 3.13. The molecule has 0 spiro atoms. The molecule has 0 fully saturated rings. The molecule has 8 heteroatoms. The normalized spacial score (nSPS) is 12.0. The van der Waals surface area contributed by atoms with E-state index in [4.69, 9.17) is 0 Å². The summed E-state index contributed by atoms with van der Waals surface area (Å²) in [5.41, 5.74) is -1.46. The highest BCUT2D eigenvalue weighted by atomic mass is 19.4. The van der Waals surface area contributed by atoms with Gasteiger partial charge in [-0.15, -0.1) is 0 Å². The van der Waals surface area contributed by atoms with Crippen LogP contribution in [0.1, 0.15) is 6.92 Å². The number of halogens is 3. The number of alkyl halides is 3. The van der Waals surface area contributed by atoms with Gasteiger partial charge in [0.1, 0.15) is 5.70 Å². The van der Waals surface area contributed by atoms with Gasteiger partial charge < -0.3 is 15.0 Å². The SMILES string of the molecule is CCOC(=O)/C=C(\NC(=O)N(C)C)C(F)(F)F. The van der Waals surface area contributed by atoms with Crippen molar-refractivity contribution in [1.29, 1.82) is 0 Å². The third-order valence-corrected chi connectivity index (χ3v) is 1.50. The zero-order valence-corrected chi connectivity index (χ0v) is 9.59. The minimum atomic E-state index is -4.83. The number of hydrogen-bond acceptors (Lipinski definition) is 3. The molecule has 0 rings (SSSR count). The van der Waals surface area contributed by atoms with Crippen LogP contribution in [0.25, 0.3) is 0 Å². The number of rotatable bonds is 3. The van der Waals surface area contributed by atoms with E-state index < -0.39 is 23.9 Å². The fourth-order valence-corrected chi connectivity index (χ4v) is 0.718. The summed E-state index contributed by atoms with van der Waals surface area (Å²) in [6, 6.07) is -0.988. The van der Waals surface area contributed by atoms with Gasteiger partial charge in [-0.2, -0.15) is 13.2 Å². The first-order chi connectivity index (χ1) is 7.68. The Labute approximate surface area is 96.2 Å². The molecule has 0 aromatic carbocycles. The first-order valence-corrected chi connectivity index (χ1v) is 4.62. The topological polar surface area (TPSA) is 58.6 Å². The van der Waals surface area contributed by atoms with Crippen molar-refractivity contribution in [3.63, 3.8) is 0 Å². The van der Waals surface area contributed by atoms with Crippen LogP contribution in [0.2, 0.25) is 0 Å². The van der Waals surface area contributed by atoms with Gasteiger partial charge in [0.25, 0.3) is 0 Å². The highest BCUT2D eigenvalue weighted by Gasteiger charge is 2.36. The quantitative estimate of drug-likeness (QED) is 0.609. The van der Waals surface area contributed by atoms with Crippen LogP contribution in [0.3, 0.4) is 0 Å². The summed E-state index contributed by atoms with van der Waals surface area (Å²) in [5, 5.41) is 1.57. The largest absolute Gasteiger partial charge is 0.463 e. The van der Waals surface area contributed by atoms with Crippen LogP contribution in [0.15, 0.2) is 11.8 Å². The van der Waals surface area contributed by atoms with Crippen molar-refractivity contribution in [1.82, 2.24) is 10.2 Å². The summed E-state index contributed by atoms with van der Waals surface area (Å²) >= 11 is 0. The zero-order chi connectivity index (χ0) is 13.6. The van der Waals surface area contributed by atoms with Crippen molar-refractivity contribution in [3.05, 3.63) is 11.8 Å². The van der Waals surface area contributed by atoms with Crippen molar-refractivity contribution in [2.24, 2.45) is 0 Å². The summed E-state index contributed by atoms with van der Waals surface area (Å²) in [5.74, 6) is -1.17. The second kappa shape index (κ2) is 6.12. The van der Waals surface area contributed by atoms with E-state index >= 15 is 0 Å². The number of allylic oxidation sites excluding steroid dienone is 1. The molecular formula is C9H13F3N2O3. The van der Waals surface area contributed by atoms with Crippen LogP contribution >= 0.6 is 0 Å². The number of carbonyl (C=O) groups is 2. The predicted octanol–water partition coefficient (Wildman–Crippen LogP) is 1.27. The van der Waals surface area contributed by atoms with Gasteiger partial charge in [0, 0.05) is 14.1 Å². The minimum Gasteiger partial charge on any atom is -0.463 e. The van der Waals surface area contributed by atoms with E-state index in [-0.39, 0.29) is 12.7 Å². The van der Waals surface area contributed by atoms with E-state index in [1.807, 2.05) is 0 Å². The predicted molar refractivity (Wildman–Crippen MR) is 53.0 cm³/mol. The maximum atomic E-state index is 12.4. The Bertz CT molecular complexity index is 324. The Morgan fingerprint density at radius 1 is 1.35 bits per heavy atom. The minimum absolute atomic E-state index is 0.0535. The molecule has 5 nitrogen and oxygen atoms in total. The first kappa shape index (κ1) is 15.3. The van der Waals surface area contributed by atoms with Crippen LogP contribution in [0, 0.1) is 0 Å². The molecule has 0 bridgehead atoms. The van der Waals surface area contributed by atoms with E-state index in [9.17, 15) is 22.8 Å². The number of ether oxygens (including phenoxy) is 1. The average Bonchev–Trinajstić information content (AvgIpc) is 2.15. The van der Waals surface area contributed by atoms with E-state index in [0.29, 0.717) is 0 Å².